The lowest BCUT2D eigenvalue weighted by Gasteiger charge is -2.31. The van der Waals surface area contributed by atoms with E-state index in [9.17, 15) is 8.42 Å². The van der Waals surface area contributed by atoms with Gasteiger partial charge in [-0.1, -0.05) is 0 Å². The molecule has 0 spiro atoms. The molecule has 0 aromatic heterocycles. The van der Waals surface area contributed by atoms with Gasteiger partial charge in [-0.15, -0.1) is 0 Å². The van der Waals surface area contributed by atoms with E-state index in [2.05, 4.69) is 5.32 Å². The monoisotopic (exact) mass is 296 g/mol. The minimum atomic E-state index is -2.99. The molecule has 0 saturated carbocycles. The van der Waals surface area contributed by atoms with Gasteiger partial charge in [-0.2, -0.15) is 0 Å². The number of thiocarbonyl (C=S) groups is 1. The van der Waals surface area contributed by atoms with E-state index in [1.165, 1.54) is 0 Å². The van der Waals surface area contributed by atoms with E-state index in [0.717, 1.165) is 0 Å². The molecular formula is C10H20N2O4S2. The lowest BCUT2D eigenvalue weighted by Crippen LogP contribution is -2.53. The van der Waals surface area contributed by atoms with Crippen LogP contribution in [0, 0.1) is 0 Å². The lowest BCUT2D eigenvalue weighted by molar-refractivity contribution is 0.209. The maximum atomic E-state index is 11.5. The van der Waals surface area contributed by atoms with Crippen molar-refractivity contribution in [1.82, 2.24) is 10.2 Å². The van der Waals surface area contributed by atoms with Gasteiger partial charge in [0.25, 0.3) is 0 Å². The molecule has 6 nitrogen and oxygen atoms in total. The number of nitrogens with one attached hydrogen (secondary N) is 1. The van der Waals surface area contributed by atoms with Gasteiger partial charge in [0.05, 0.1) is 30.3 Å². The first-order valence-corrected chi connectivity index (χ1v) is 8.04. The largest absolute Gasteiger partial charge is 0.395 e. The van der Waals surface area contributed by atoms with Crippen molar-refractivity contribution in [3.05, 3.63) is 0 Å². The molecular weight excluding hydrogens is 276 g/mol. The molecule has 0 amide bonds. The van der Waals surface area contributed by atoms with Gasteiger partial charge in [0.1, 0.15) is 0 Å². The minimum Gasteiger partial charge on any atom is -0.395 e. The smallest absolute Gasteiger partial charge is 0.169 e. The van der Waals surface area contributed by atoms with Crippen molar-refractivity contribution < 1.29 is 18.6 Å². The van der Waals surface area contributed by atoms with Crippen LogP contribution in [0.15, 0.2) is 0 Å². The van der Waals surface area contributed by atoms with Gasteiger partial charge in [0.2, 0.25) is 0 Å². The van der Waals surface area contributed by atoms with Crippen molar-refractivity contribution in [2.45, 2.75) is 18.9 Å². The Balaban J connectivity index is 2.63. The van der Waals surface area contributed by atoms with Crippen molar-refractivity contribution in [2.75, 3.05) is 37.8 Å². The molecule has 1 rings (SSSR count). The molecule has 1 saturated heterocycles. The second-order valence-electron chi connectivity index (χ2n) is 4.77. The molecule has 1 aliphatic heterocycles. The summed E-state index contributed by atoms with van der Waals surface area (Å²) in [4.78, 5) is 1.63. The molecule has 0 aliphatic carbocycles. The Labute approximate surface area is 113 Å². The Morgan fingerprint density at radius 3 is 2.33 bits per heavy atom. The van der Waals surface area contributed by atoms with Crippen LogP contribution in [0.2, 0.25) is 0 Å². The van der Waals surface area contributed by atoms with Crippen molar-refractivity contribution in [3.63, 3.8) is 0 Å². The first-order valence-electron chi connectivity index (χ1n) is 5.81. The molecule has 18 heavy (non-hydrogen) atoms. The molecule has 1 fully saturated rings. The van der Waals surface area contributed by atoms with Crippen LogP contribution in [0.1, 0.15) is 13.3 Å². The summed E-state index contributed by atoms with van der Waals surface area (Å²) in [5, 5.41) is 21.2. The lowest BCUT2D eigenvalue weighted by atomic mass is 10.0. The maximum absolute atomic E-state index is 11.5. The highest BCUT2D eigenvalue weighted by atomic mass is 32.2. The van der Waals surface area contributed by atoms with Crippen LogP contribution in [0.5, 0.6) is 0 Å². The first-order chi connectivity index (χ1) is 8.32. The van der Waals surface area contributed by atoms with Gasteiger partial charge in [-0.3, -0.25) is 0 Å². The second kappa shape index (κ2) is 6.14. The molecule has 8 heteroatoms. The van der Waals surface area contributed by atoms with E-state index in [4.69, 9.17) is 22.4 Å². The summed E-state index contributed by atoms with van der Waals surface area (Å²) >= 11 is 5.19. The maximum Gasteiger partial charge on any atom is 0.169 e. The molecule has 0 bridgehead atoms. The molecule has 0 unspecified atom stereocenters. The van der Waals surface area contributed by atoms with E-state index >= 15 is 0 Å². The Kier molecular flexibility index (Phi) is 5.32. The average Bonchev–Trinajstić information content (AvgIpc) is 2.52. The average molecular weight is 296 g/mol. The number of aliphatic hydroxyl groups is 2. The van der Waals surface area contributed by atoms with Crippen molar-refractivity contribution >= 4 is 27.2 Å². The molecule has 0 radical (unpaired) electrons. The predicted octanol–water partition coefficient (Wildman–Crippen LogP) is -1.28. The summed E-state index contributed by atoms with van der Waals surface area (Å²) in [5.41, 5.74) is -0.556. The summed E-state index contributed by atoms with van der Waals surface area (Å²) in [5.74, 6) is 0.228. The number of hydrogen-bond acceptors (Lipinski definition) is 5. The van der Waals surface area contributed by atoms with Crippen LogP contribution in [0.4, 0.5) is 0 Å². The first kappa shape index (κ1) is 15.6. The SMILES string of the molecule is C[C@@]1(NC(=S)N(CCO)CCO)CCS(=O)(=O)C1. The van der Waals surface area contributed by atoms with E-state index < -0.39 is 15.4 Å². The van der Waals surface area contributed by atoms with Crippen molar-refractivity contribution in [1.29, 1.82) is 0 Å². The van der Waals surface area contributed by atoms with E-state index in [1.807, 2.05) is 6.92 Å². The highest BCUT2D eigenvalue weighted by molar-refractivity contribution is 7.91. The van der Waals surface area contributed by atoms with Crippen LogP contribution in [0.3, 0.4) is 0 Å². The van der Waals surface area contributed by atoms with Gasteiger partial charge in [-0.25, -0.2) is 8.42 Å². The fraction of sp³-hybridized carbons (Fsp3) is 0.900. The Morgan fingerprint density at radius 1 is 1.39 bits per heavy atom. The van der Waals surface area contributed by atoms with Gasteiger partial charge < -0.3 is 20.4 Å². The molecule has 1 heterocycles. The highest BCUT2D eigenvalue weighted by Crippen LogP contribution is 2.23. The van der Waals surface area contributed by atoms with Crippen LogP contribution >= 0.6 is 12.2 Å². The molecule has 106 valence electrons. The molecule has 1 aliphatic rings. The summed E-state index contributed by atoms with van der Waals surface area (Å²) in [6.07, 6.45) is 0.515. The van der Waals surface area contributed by atoms with Gasteiger partial charge >= 0.3 is 0 Å². The number of sulfone groups is 1. The quantitative estimate of drug-likeness (QED) is 0.545. The Hall–Kier alpha value is -0.440. The van der Waals surface area contributed by atoms with Crippen LogP contribution in [-0.2, 0) is 9.84 Å². The van der Waals surface area contributed by atoms with E-state index in [1.54, 1.807) is 4.90 Å². The summed E-state index contributed by atoms with van der Waals surface area (Å²) in [6, 6.07) is 0. The van der Waals surface area contributed by atoms with Crippen LogP contribution in [-0.4, -0.2) is 72.0 Å². The topological polar surface area (TPSA) is 89.9 Å². The second-order valence-corrected chi connectivity index (χ2v) is 7.34. The molecule has 0 aromatic rings. The van der Waals surface area contributed by atoms with Crippen LogP contribution < -0.4 is 5.32 Å². The van der Waals surface area contributed by atoms with Crippen molar-refractivity contribution in [2.24, 2.45) is 0 Å². The summed E-state index contributed by atoms with van der Waals surface area (Å²) in [7, 11) is -2.99. The third kappa shape index (κ3) is 4.34. The molecule has 0 aromatic carbocycles. The van der Waals surface area contributed by atoms with Crippen LogP contribution in [0.25, 0.3) is 0 Å². The third-order valence-electron chi connectivity index (χ3n) is 2.94. The Morgan fingerprint density at radius 2 is 1.94 bits per heavy atom. The van der Waals surface area contributed by atoms with Gasteiger partial charge in [-0.05, 0) is 25.6 Å². The number of aliphatic hydroxyl groups excluding tert-OH is 2. The predicted molar refractivity (Wildman–Crippen MR) is 73.2 cm³/mol. The van der Waals surface area contributed by atoms with Gasteiger partial charge in [0, 0.05) is 13.1 Å². The number of hydrogen-bond donors (Lipinski definition) is 3. The summed E-state index contributed by atoms with van der Waals surface area (Å²) in [6.45, 7) is 2.30. The fourth-order valence-corrected chi connectivity index (χ4v) is 4.52. The zero-order valence-corrected chi connectivity index (χ0v) is 12.1. The normalized spacial score (nSPS) is 25.9. The van der Waals surface area contributed by atoms with Gasteiger partial charge in [0.15, 0.2) is 14.9 Å². The summed E-state index contributed by atoms with van der Waals surface area (Å²) < 4.78 is 22.9. The van der Waals surface area contributed by atoms with E-state index in [0.29, 0.717) is 24.6 Å². The fourth-order valence-electron chi connectivity index (χ4n) is 2.00. The zero-order valence-electron chi connectivity index (χ0n) is 10.4. The standard InChI is InChI=1S/C10H20N2O4S2/c1-10(2-7-18(15,16)8-10)11-9(17)12(3-5-13)4-6-14/h13-14H,2-8H2,1H3,(H,11,17)/t10-/m1/s1. The number of rotatable bonds is 5. The molecule has 1 atom stereocenters. The Bertz CT molecular complexity index is 393. The molecule has 3 N–H and O–H groups in total. The zero-order chi connectivity index (χ0) is 13.8. The number of nitrogens with zero attached hydrogens (tertiary/aromatic N) is 1. The minimum absolute atomic E-state index is 0.0617. The van der Waals surface area contributed by atoms with E-state index in [-0.39, 0.29) is 24.7 Å². The highest BCUT2D eigenvalue weighted by Gasteiger charge is 2.39. The third-order valence-corrected chi connectivity index (χ3v) is 5.20. The van der Waals surface area contributed by atoms with Crippen molar-refractivity contribution in [3.8, 4) is 0 Å².